The van der Waals surface area contributed by atoms with E-state index in [0.29, 0.717) is 12.4 Å². The number of anilines is 2. The van der Waals surface area contributed by atoms with Gasteiger partial charge in [0.1, 0.15) is 23.9 Å². The Balaban J connectivity index is 1.32. The van der Waals surface area contributed by atoms with Crippen molar-refractivity contribution in [3.8, 4) is 17.2 Å². The smallest absolute Gasteiger partial charge is 0.119 e. The minimum atomic E-state index is 0.245. The van der Waals surface area contributed by atoms with Gasteiger partial charge in [0.15, 0.2) is 0 Å². The van der Waals surface area contributed by atoms with Crippen molar-refractivity contribution in [1.82, 2.24) is 4.90 Å². The first-order valence-corrected chi connectivity index (χ1v) is 12.6. The number of fused-ring (bicyclic) bond motifs is 1. The summed E-state index contributed by atoms with van der Waals surface area (Å²) < 4.78 is 6.00. The zero-order valence-electron chi connectivity index (χ0n) is 20.4. The third-order valence-electron chi connectivity index (χ3n) is 7.16. The van der Waals surface area contributed by atoms with E-state index >= 15 is 0 Å². The molecule has 1 saturated heterocycles. The number of hydrogen-bond donors (Lipinski definition) is 2. The maximum Gasteiger partial charge on any atom is 0.119 e. The fourth-order valence-electron chi connectivity index (χ4n) is 5.14. The number of allylic oxidation sites excluding steroid dienone is 1. The highest BCUT2D eigenvalue weighted by Crippen LogP contribution is 2.39. The minimum Gasteiger partial charge on any atom is -0.508 e. The van der Waals surface area contributed by atoms with Crippen LogP contribution in [0.5, 0.6) is 17.2 Å². The number of hydrogen-bond acceptors (Lipinski definition) is 5. The second-order valence-electron chi connectivity index (χ2n) is 9.56. The Labute approximate surface area is 207 Å². The predicted molar refractivity (Wildman–Crippen MR) is 143 cm³/mol. The average Bonchev–Trinajstić information content (AvgIpc) is 2.89. The standard InChI is InChI=1S/C30H34N2O3/c1-31(25-8-12-28(13-9-25)35-18-17-32-15-3-2-4-16-32)30-21-27(34)11-14-29(30)24-6-5-23-20-26(33)10-7-22(23)19-24/h7-14,19-21,33-34H,2-6,15-18H2,1H3. The summed E-state index contributed by atoms with van der Waals surface area (Å²) in [6.45, 7) is 4.05. The Morgan fingerprint density at radius 3 is 2.40 bits per heavy atom. The average molecular weight is 471 g/mol. The van der Waals surface area contributed by atoms with Crippen LogP contribution in [0, 0.1) is 0 Å². The lowest BCUT2D eigenvalue weighted by Gasteiger charge is -2.26. The first-order valence-electron chi connectivity index (χ1n) is 12.6. The largest absolute Gasteiger partial charge is 0.508 e. The molecule has 5 nitrogen and oxygen atoms in total. The molecule has 0 aromatic heterocycles. The molecule has 5 heteroatoms. The van der Waals surface area contributed by atoms with E-state index in [2.05, 4.69) is 28.0 Å². The number of benzene rings is 3. The van der Waals surface area contributed by atoms with E-state index in [1.807, 2.05) is 43.4 Å². The van der Waals surface area contributed by atoms with Crippen molar-refractivity contribution in [2.45, 2.75) is 32.1 Å². The molecule has 0 saturated carbocycles. The van der Waals surface area contributed by atoms with Gasteiger partial charge >= 0.3 is 0 Å². The molecule has 1 fully saturated rings. The number of nitrogens with zero attached hydrogens (tertiary/aromatic N) is 2. The molecule has 0 radical (unpaired) electrons. The minimum absolute atomic E-state index is 0.245. The maximum absolute atomic E-state index is 10.3. The van der Waals surface area contributed by atoms with Gasteiger partial charge in [-0.25, -0.2) is 0 Å². The summed E-state index contributed by atoms with van der Waals surface area (Å²) in [5.41, 5.74) is 6.61. The Morgan fingerprint density at radius 2 is 1.60 bits per heavy atom. The third kappa shape index (κ3) is 5.46. The van der Waals surface area contributed by atoms with Gasteiger partial charge in [-0.15, -0.1) is 0 Å². The zero-order chi connectivity index (χ0) is 24.2. The summed E-state index contributed by atoms with van der Waals surface area (Å²) in [5.74, 6) is 1.43. The third-order valence-corrected chi connectivity index (χ3v) is 7.16. The molecular weight excluding hydrogens is 436 g/mol. The van der Waals surface area contributed by atoms with Crippen LogP contribution in [-0.4, -0.2) is 48.4 Å². The summed E-state index contributed by atoms with van der Waals surface area (Å²) in [4.78, 5) is 4.59. The van der Waals surface area contributed by atoms with E-state index in [4.69, 9.17) is 4.74 Å². The fourth-order valence-corrected chi connectivity index (χ4v) is 5.14. The first kappa shape index (κ1) is 23.3. The van der Waals surface area contributed by atoms with Crippen LogP contribution in [0.15, 0.2) is 60.7 Å². The monoisotopic (exact) mass is 470 g/mol. The molecular formula is C30H34N2O3. The van der Waals surface area contributed by atoms with Crippen LogP contribution in [0.1, 0.15) is 42.4 Å². The summed E-state index contributed by atoms with van der Waals surface area (Å²) in [6.07, 6.45) is 7.90. The Morgan fingerprint density at radius 1 is 0.857 bits per heavy atom. The van der Waals surface area contributed by atoms with Crippen molar-refractivity contribution in [2.24, 2.45) is 0 Å². The van der Waals surface area contributed by atoms with Gasteiger partial charge < -0.3 is 19.8 Å². The Bertz CT molecular complexity index is 1200. The van der Waals surface area contributed by atoms with Gasteiger partial charge in [0, 0.05) is 30.9 Å². The normalized spacial score (nSPS) is 15.9. The molecule has 35 heavy (non-hydrogen) atoms. The van der Waals surface area contributed by atoms with E-state index in [0.717, 1.165) is 47.6 Å². The molecule has 0 amide bonds. The predicted octanol–water partition coefficient (Wildman–Crippen LogP) is 6.22. The number of rotatable bonds is 7. The van der Waals surface area contributed by atoms with E-state index in [9.17, 15) is 10.2 Å². The van der Waals surface area contributed by atoms with Gasteiger partial charge in [-0.05, 0) is 104 Å². The molecule has 2 aliphatic rings. The van der Waals surface area contributed by atoms with E-state index in [1.165, 1.54) is 43.5 Å². The summed E-state index contributed by atoms with van der Waals surface area (Å²) in [6, 6.07) is 19.3. The quantitative estimate of drug-likeness (QED) is 0.429. The zero-order valence-corrected chi connectivity index (χ0v) is 20.4. The van der Waals surface area contributed by atoms with Crippen molar-refractivity contribution >= 4 is 23.0 Å². The molecule has 3 aromatic carbocycles. The van der Waals surface area contributed by atoms with Crippen LogP contribution in [0.2, 0.25) is 0 Å². The van der Waals surface area contributed by atoms with Gasteiger partial charge in [0.2, 0.25) is 0 Å². The summed E-state index contributed by atoms with van der Waals surface area (Å²) in [5, 5.41) is 20.1. The topological polar surface area (TPSA) is 56.2 Å². The Hall–Kier alpha value is -3.44. The number of ether oxygens (including phenoxy) is 1. The molecule has 2 N–H and O–H groups in total. The second-order valence-corrected chi connectivity index (χ2v) is 9.56. The highest BCUT2D eigenvalue weighted by Gasteiger charge is 2.18. The Kier molecular flexibility index (Phi) is 6.96. The number of phenols is 2. The number of likely N-dealkylation sites (tertiary alicyclic amines) is 1. The molecule has 0 atom stereocenters. The number of aryl methyl sites for hydroxylation is 1. The van der Waals surface area contributed by atoms with Crippen LogP contribution in [0.25, 0.3) is 11.6 Å². The van der Waals surface area contributed by atoms with Crippen molar-refractivity contribution < 1.29 is 14.9 Å². The molecule has 0 spiro atoms. The van der Waals surface area contributed by atoms with Gasteiger partial charge in [0.05, 0.1) is 5.69 Å². The molecule has 0 bridgehead atoms. The number of aromatic hydroxyl groups is 2. The molecule has 0 unspecified atom stereocenters. The van der Waals surface area contributed by atoms with Crippen LogP contribution >= 0.6 is 0 Å². The van der Waals surface area contributed by atoms with Crippen molar-refractivity contribution in [3.63, 3.8) is 0 Å². The van der Waals surface area contributed by atoms with E-state index in [-0.39, 0.29) is 5.75 Å². The molecule has 1 aliphatic carbocycles. The summed E-state index contributed by atoms with van der Waals surface area (Å²) >= 11 is 0. The van der Waals surface area contributed by atoms with Crippen molar-refractivity contribution in [1.29, 1.82) is 0 Å². The van der Waals surface area contributed by atoms with Gasteiger partial charge in [0.25, 0.3) is 0 Å². The van der Waals surface area contributed by atoms with E-state index in [1.54, 1.807) is 12.1 Å². The molecule has 1 heterocycles. The number of phenolic OH excluding ortho intramolecular Hbond substituents is 2. The first-order chi connectivity index (χ1) is 17.1. The highest BCUT2D eigenvalue weighted by atomic mass is 16.5. The lowest BCUT2D eigenvalue weighted by molar-refractivity contribution is 0.183. The second kappa shape index (κ2) is 10.4. The molecule has 3 aromatic rings. The van der Waals surface area contributed by atoms with Gasteiger partial charge in [-0.2, -0.15) is 0 Å². The van der Waals surface area contributed by atoms with Crippen molar-refractivity contribution in [3.05, 3.63) is 77.4 Å². The SMILES string of the molecule is CN(c1ccc(OCCN2CCCCC2)cc1)c1cc(O)ccc1C1=Cc2ccc(O)cc2CC1. The fraction of sp³-hybridized carbons (Fsp3) is 0.333. The van der Waals surface area contributed by atoms with Crippen LogP contribution in [0.4, 0.5) is 11.4 Å². The van der Waals surface area contributed by atoms with Crippen LogP contribution in [-0.2, 0) is 6.42 Å². The van der Waals surface area contributed by atoms with E-state index < -0.39 is 0 Å². The molecule has 182 valence electrons. The summed E-state index contributed by atoms with van der Waals surface area (Å²) in [7, 11) is 2.03. The lowest BCUT2D eigenvalue weighted by Crippen LogP contribution is -2.33. The molecule has 5 rings (SSSR count). The lowest BCUT2D eigenvalue weighted by atomic mass is 9.87. The van der Waals surface area contributed by atoms with Gasteiger partial charge in [-0.3, -0.25) is 4.90 Å². The van der Waals surface area contributed by atoms with Crippen LogP contribution < -0.4 is 9.64 Å². The van der Waals surface area contributed by atoms with Crippen LogP contribution in [0.3, 0.4) is 0 Å². The number of piperidine rings is 1. The molecule has 1 aliphatic heterocycles. The highest BCUT2D eigenvalue weighted by molar-refractivity contribution is 5.91. The van der Waals surface area contributed by atoms with Gasteiger partial charge in [-0.1, -0.05) is 18.6 Å². The maximum atomic E-state index is 10.3. The van der Waals surface area contributed by atoms with Crippen molar-refractivity contribution in [2.75, 3.05) is 38.2 Å².